The summed E-state index contributed by atoms with van der Waals surface area (Å²) in [4.78, 5) is 10.1. The third kappa shape index (κ3) is 13.7. The van der Waals surface area contributed by atoms with E-state index in [4.69, 9.17) is 5.73 Å². The zero-order valence-electron chi connectivity index (χ0n) is 12.3. The van der Waals surface area contributed by atoms with Gasteiger partial charge in [0.25, 0.3) is 0 Å². The van der Waals surface area contributed by atoms with Crippen molar-refractivity contribution in [2.45, 2.75) is 96.4 Å². The smallest absolute Gasteiger partial charge is 0.119 e. The van der Waals surface area contributed by atoms with E-state index >= 15 is 0 Å². The van der Waals surface area contributed by atoms with Crippen LogP contribution in [0.4, 0.5) is 0 Å². The Hall–Kier alpha value is -0.370. The highest BCUT2D eigenvalue weighted by molar-refractivity contribution is 5.48. The van der Waals surface area contributed by atoms with Gasteiger partial charge in [-0.25, -0.2) is 0 Å². The standard InChI is InChI=1S/C16H33NO/c1-2-13-16(17)14-11-9-7-5-3-4-6-8-10-12-15-18/h15-16H,2-14,17H2,1H3. The van der Waals surface area contributed by atoms with E-state index in [0.717, 1.165) is 19.1 Å². The van der Waals surface area contributed by atoms with E-state index in [1.807, 2.05) is 0 Å². The summed E-state index contributed by atoms with van der Waals surface area (Å²) in [6.07, 6.45) is 17.1. The summed E-state index contributed by atoms with van der Waals surface area (Å²) in [5, 5.41) is 0. The first-order chi connectivity index (χ1) is 8.81. The number of rotatable bonds is 14. The van der Waals surface area contributed by atoms with E-state index in [1.54, 1.807) is 0 Å². The van der Waals surface area contributed by atoms with Gasteiger partial charge < -0.3 is 10.5 Å². The zero-order valence-corrected chi connectivity index (χ0v) is 12.3. The zero-order chi connectivity index (χ0) is 13.5. The monoisotopic (exact) mass is 255 g/mol. The minimum absolute atomic E-state index is 0.438. The van der Waals surface area contributed by atoms with Crippen molar-refractivity contribution in [2.24, 2.45) is 5.73 Å². The lowest BCUT2D eigenvalue weighted by Crippen LogP contribution is -2.18. The van der Waals surface area contributed by atoms with Gasteiger partial charge in [-0.2, -0.15) is 0 Å². The molecular formula is C16H33NO. The number of carbonyl (C=O) groups excluding carboxylic acids is 1. The molecule has 0 amide bonds. The lowest BCUT2D eigenvalue weighted by Gasteiger charge is -2.09. The van der Waals surface area contributed by atoms with Crippen molar-refractivity contribution in [3.8, 4) is 0 Å². The van der Waals surface area contributed by atoms with Crippen LogP contribution in [0.2, 0.25) is 0 Å². The maximum absolute atomic E-state index is 10.1. The van der Waals surface area contributed by atoms with Crippen molar-refractivity contribution in [2.75, 3.05) is 0 Å². The minimum atomic E-state index is 0.438. The molecule has 0 spiro atoms. The Morgan fingerprint density at radius 2 is 1.33 bits per heavy atom. The molecule has 0 heterocycles. The summed E-state index contributed by atoms with van der Waals surface area (Å²) < 4.78 is 0. The Bertz CT molecular complexity index is 170. The molecular weight excluding hydrogens is 222 g/mol. The molecule has 1 unspecified atom stereocenters. The van der Waals surface area contributed by atoms with Crippen molar-refractivity contribution < 1.29 is 4.79 Å². The molecule has 2 nitrogen and oxygen atoms in total. The van der Waals surface area contributed by atoms with E-state index in [1.165, 1.54) is 70.6 Å². The molecule has 2 N–H and O–H groups in total. The van der Waals surface area contributed by atoms with Crippen molar-refractivity contribution in [1.82, 2.24) is 0 Å². The number of hydrogen-bond acceptors (Lipinski definition) is 2. The Morgan fingerprint density at radius 1 is 0.833 bits per heavy atom. The molecule has 0 aromatic heterocycles. The summed E-state index contributed by atoms with van der Waals surface area (Å²) in [6.45, 7) is 2.20. The molecule has 0 aromatic rings. The highest BCUT2D eigenvalue weighted by Crippen LogP contribution is 2.12. The molecule has 1 atom stereocenters. The molecule has 0 aliphatic carbocycles. The molecule has 0 aliphatic rings. The van der Waals surface area contributed by atoms with Gasteiger partial charge >= 0.3 is 0 Å². The van der Waals surface area contributed by atoms with Crippen LogP contribution in [-0.2, 0) is 4.79 Å². The van der Waals surface area contributed by atoms with E-state index < -0.39 is 0 Å². The van der Waals surface area contributed by atoms with Crippen LogP contribution in [0, 0.1) is 0 Å². The van der Waals surface area contributed by atoms with Crippen molar-refractivity contribution in [3.63, 3.8) is 0 Å². The van der Waals surface area contributed by atoms with Crippen molar-refractivity contribution in [1.29, 1.82) is 0 Å². The summed E-state index contributed by atoms with van der Waals surface area (Å²) >= 11 is 0. The maximum Gasteiger partial charge on any atom is 0.119 e. The third-order valence-corrected chi connectivity index (χ3v) is 3.56. The van der Waals surface area contributed by atoms with Crippen LogP contribution in [0.5, 0.6) is 0 Å². The summed E-state index contributed by atoms with van der Waals surface area (Å²) in [6, 6.07) is 0.438. The van der Waals surface area contributed by atoms with Crippen LogP contribution < -0.4 is 5.73 Å². The number of carbonyl (C=O) groups is 1. The van der Waals surface area contributed by atoms with E-state index in [-0.39, 0.29) is 0 Å². The maximum atomic E-state index is 10.1. The quantitative estimate of drug-likeness (QED) is 0.364. The first-order valence-corrected chi connectivity index (χ1v) is 8.00. The van der Waals surface area contributed by atoms with Crippen LogP contribution in [0.3, 0.4) is 0 Å². The predicted molar refractivity (Wildman–Crippen MR) is 79.7 cm³/mol. The lowest BCUT2D eigenvalue weighted by atomic mass is 10.0. The number of aldehydes is 1. The molecule has 18 heavy (non-hydrogen) atoms. The first-order valence-electron chi connectivity index (χ1n) is 8.00. The van der Waals surface area contributed by atoms with Gasteiger partial charge in [-0.15, -0.1) is 0 Å². The van der Waals surface area contributed by atoms with Gasteiger partial charge in [-0.1, -0.05) is 64.7 Å². The van der Waals surface area contributed by atoms with Gasteiger partial charge in [-0.3, -0.25) is 0 Å². The molecule has 0 saturated heterocycles. The molecule has 108 valence electrons. The number of nitrogens with two attached hydrogens (primary N) is 1. The Labute approximate surface area is 114 Å². The molecule has 0 aliphatic heterocycles. The fourth-order valence-electron chi connectivity index (χ4n) is 2.39. The lowest BCUT2D eigenvalue weighted by molar-refractivity contribution is -0.107. The second-order valence-electron chi connectivity index (χ2n) is 5.47. The Morgan fingerprint density at radius 3 is 1.83 bits per heavy atom. The summed E-state index contributed by atoms with van der Waals surface area (Å²) in [5.74, 6) is 0. The first kappa shape index (κ1) is 17.6. The van der Waals surface area contributed by atoms with E-state index in [0.29, 0.717) is 6.04 Å². The van der Waals surface area contributed by atoms with Gasteiger partial charge in [0, 0.05) is 12.5 Å². The average Bonchev–Trinajstić information content (AvgIpc) is 2.36. The molecule has 0 rings (SSSR count). The van der Waals surface area contributed by atoms with Crippen LogP contribution >= 0.6 is 0 Å². The van der Waals surface area contributed by atoms with Gasteiger partial charge in [0.05, 0.1) is 0 Å². The SMILES string of the molecule is CCCC(N)CCCCCCCCCCCC=O. The molecule has 2 heteroatoms. The van der Waals surface area contributed by atoms with Crippen molar-refractivity contribution >= 4 is 6.29 Å². The van der Waals surface area contributed by atoms with Gasteiger partial charge in [0.15, 0.2) is 0 Å². The molecule has 0 aromatic carbocycles. The molecule has 0 fully saturated rings. The fourth-order valence-corrected chi connectivity index (χ4v) is 2.39. The molecule has 0 saturated carbocycles. The second-order valence-corrected chi connectivity index (χ2v) is 5.47. The highest BCUT2D eigenvalue weighted by atomic mass is 16.1. The van der Waals surface area contributed by atoms with Gasteiger partial charge in [0.1, 0.15) is 6.29 Å². The van der Waals surface area contributed by atoms with Crippen LogP contribution in [0.15, 0.2) is 0 Å². The summed E-state index contributed by atoms with van der Waals surface area (Å²) in [5.41, 5.74) is 5.98. The van der Waals surface area contributed by atoms with E-state index in [2.05, 4.69) is 6.92 Å². The molecule has 0 bridgehead atoms. The fraction of sp³-hybridized carbons (Fsp3) is 0.938. The van der Waals surface area contributed by atoms with Gasteiger partial charge in [0.2, 0.25) is 0 Å². The van der Waals surface area contributed by atoms with Crippen LogP contribution in [0.1, 0.15) is 90.4 Å². The third-order valence-electron chi connectivity index (χ3n) is 3.56. The van der Waals surface area contributed by atoms with Crippen LogP contribution in [-0.4, -0.2) is 12.3 Å². The topological polar surface area (TPSA) is 43.1 Å². The predicted octanol–water partition coefficient (Wildman–Crippen LogP) is 4.60. The minimum Gasteiger partial charge on any atom is -0.328 e. The Balaban J connectivity index is 3.00. The average molecular weight is 255 g/mol. The summed E-state index contributed by atoms with van der Waals surface area (Å²) in [7, 11) is 0. The number of hydrogen-bond donors (Lipinski definition) is 1. The largest absolute Gasteiger partial charge is 0.328 e. The highest BCUT2D eigenvalue weighted by Gasteiger charge is 2.00. The van der Waals surface area contributed by atoms with Crippen LogP contribution in [0.25, 0.3) is 0 Å². The molecule has 0 radical (unpaired) electrons. The van der Waals surface area contributed by atoms with Gasteiger partial charge in [-0.05, 0) is 19.3 Å². The van der Waals surface area contributed by atoms with Crippen molar-refractivity contribution in [3.05, 3.63) is 0 Å². The Kier molecular flexibility index (Phi) is 14.4. The number of unbranched alkanes of at least 4 members (excludes halogenated alkanes) is 9. The normalized spacial score (nSPS) is 12.6. The second kappa shape index (κ2) is 14.7. The van der Waals surface area contributed by atoms with E-state index in [9.17, 15) is 4.79 Å².